The molecule has 0 unspecified atom stereocenters. The molecule has 0 atom stereocenters. The molecule has 0 bridgehead atoms. The van der Waals surface area contributed by atoms with Crippen LogP contribution in [0, 0.1) is 13.8 Å². The topological polar surface area (TPSA) is 75.1 Å². The average Bonchev–Trinajstić information content (AvgIpc) is 3.36. The van der Waals surface area contributed by atoms with Gasteiger partial charge in [-0.05, 0) is 31.5 Å². The zero-order valence-electron chi connectivity index (χ0n) is 15.7. The Bertz CT molecular complexity index is 1400. The molecule has 0 aliphatic carbocycles. The fourth-order valence-electron chi connectivity index (χ4n) is 3.43. The first-order chi connectivity index (χ1) is 14.0. The van der Waals surface area contributed by atoms with E-state index in [2.05, 4.69) is 52.4 Å². The quantitative estimate of drug-likeness (QED) is 0.406. The maximum absolute atomic E-state index is 12.7. The Morgan fingerprint density at radius 3 is 2.86 bits per heavy atom. The van der Waals surface area contributed by atoms with Crippen molar-refractivity contribution in [2.24, 2.45) is 0 Å². The SMILES string of the molecule is Cc1ccc(-c2csc3nc(NC(=O)c4cc5cccc(Cl)c5[nH]4)nn23)c(C)c1. The molecule has 0 saturated carbocycles. The van der Waals surface area contributed by atoms with Crippen LogP contribution in [-0.2, 0) is 0 Å². The normalized spacial score (nSPS) is 11.4. The number of aryl methyl sites for hydroxylation is 2. The molecule has 0 aliphatic rings. The number of aromatic nitrogens is 4. The van der Waals surface area contributed by atoms with Crippen LogP contribution < -0.4 is 5.32 Å². The first-order valence-corrected chi connectivity index (χ1v) is 10.3. The molecule has 3 aromatic heterocycles. The monoisotopic (exact) mass is 421 g/mol. The minimum absolute atomic E-state index is 0.262. The third kappa shape index (κ3) is 3.08. The van der Waals surface area contributed by atoms with Crippen molar-refractivity contribution in [2.45, 2.75) is 13.8 Å². The predicted octanol–water partition coefficient (Wildman–Crippen LogP) is 5.46. The van der Waals surface area contributed by atoms with Crippen LogP contribution in [0.2, 0.25) is 5.02 Å². The molecule has 1 amide bonds. The Kier molecular flexibility index (Phi) is 4.15. The average molecular weight is 422 g/mol. The van der Waals surface area contributed by atoms with Crippen molar-refractivity contribution < 1.29 is 4.79 Å². The van der Waals surface area contributed by atoms with Crippen molar-refractivity contribution >= 4 is 50.7 Å². The Morgan fingerprint density at radius 1 is 1.21 bits per heavy atom. The van der Waals surface area contributed by atoms with Gasteiger partial charge in [-0.1, -0.05) is 47.5 Å². The third-order valence-corrected chi connectivity index (χ3v) is 5.95. The number of nitrogens with zero attached hydrogens (tertiary/aromatic N) is 3. The summed E-state index contributed by atoms with van der Waals surface area (Å²) >= 11 is 7.67. The van der Waals surface area contributed by atoms with Gasteiger partial charge in [0.1, 0.15) is 5.69 Å². The maximum Gasteiger partial charge on any atom is 0.274 e. The molecule has 6 nitrogen and oxygen atoms in total. The number of halogens is 1. The van der Waals surface area contributed by atoms with E-state index in [1.54, 1.807) is 16.6 Å². The Labute approximate surface area is 175 Å². The molecule has 144 valence electrons. The summed E-state index contributed by atoms with van der Waals surface area (Å²) in [5, 5.41) is 10.7. The fraction of sp³-hybridized carbons (Fsp3) is 0.0952. The van der Waals surface area contributed by atoms with Gasteiger partial charge in [0, 0.05) is 16.3 Å². The van der Waals surface area contributed by atoms with Gasteiger partial charge >= 0.3 is 0 Å². The fourth-order valence-corrected chi connectivity index (χ4v) is 4.48. The summed E-state index contributed by atoms with van der Waals surface area (Å²) in [6.07, 6.45) is 0. The summed E-state index contributed by atoms with van der Waals surface area (Å²) in [6.45, 7) is 4.15. The van der Waals surface area contributed by atoms with Crippen molar-refractivity contribution in [3.63, 3.8) is 0 Å². The lowest BCUT2D eigenvalue weighted by molar-refractivity contribution is 0.102. The number of aromatic amines is 1. The third-order valence-electron chi connectivity index (χ3n) is 4.81. The molecule has 29 heavy (non-hydrogen) atoms. The summed E-state index contributed by atoms with van der Waals surface area (Å²) in [4.78, 5) is 20.9. The molecule has 2 N–H and O–H groups in total. The van der Waals surface area contributed by atoms with Crippen molar-refractivity contribution in [3.8, 4) is 11.3 Å². The number of para-hydroxylation sites is 1. The Morgan fingerprint density at radius 2 is 2.07 bits per heavy atom. The number of nitrogens with one attached hydrogen (secondary N) is 2. The minimum Gasteiger partial charge on any atom is -0.349 e. The molecular formula is C21H16ClN5OS. The van der Waals surface area contributed by atoms with Crippen molar-refractivity contribution in [3.05, 3.63) is 69.7 Å². The highest BCUT2D eigenvalue weighted by molar-refractivity contribution is 7.15. The van der Waals surface area contributed by atoms with Gasteiger partial charge in [0.05, 0.1) is 16.2 Å². The number of H-pyrrole nitrogens is 1. The number of rotatable bonds is 3. The van der Waals surface area contributed by atoms with Crippen LogP contribution in [0.1, 0.15) is 21.6 Å². The van der Waals surface area contributed by atoms with E-state index in [0.717, 1.165) is 27.1 Å². The van der Waals surface area contributed by atoms with E-state index in [-0.39, 0.29) is 11.9 Å². The summed E-state index contributed by atoms with van der Waals surface area (Å²) in [6, 6.07) is 13.6. The number of thiazole rings is 1. The zero-order valence-corrected chi connectivity index (χ0v) is 17.2. The van der Waals surface area contributed by atoms with Crippen LogP contribution in [0.3, 0.4) is 0 Å². The number of amides is 1. The van der Waals surface area contributed by atoms with E-state index in [1.807, 2.05) is 17.5 Å². The predicted molar refractivity (Wildman–Crippen MR) is 117 cm³/mol. The van der Waals surface area contributed by atoms with E-state index in [0.29, 0.717) is 10.7 Å². The van der Waals surface area contributed by atoms with E-state index in [4.69, 9.17) is 11.6 Å². The number of carbonyl (C=O) groups excluding carboxylic acids is 1. The number of benzene rings is 2. The minimum atomic E-state index is -0.316. The molecule has 0 spiro atoms. The molecule has 5 rings (SSSR count). The number of hydrogen-bond acceptors (Lipinski definition) is 4. The standard InChI is InChI=1S/C21H16ClN5OS/c1-11-6-7-14(12(2)8-11)17-10-29-21-25-20(26-27(17)21)24-19(28)16-9-13-4-3-5-15(22)18(13)23-16/h3-10,23H,1-2H3,(H,24,26,28). The summed E-state index contributed by atoms with van der Waals surface area (Å²) in [5.41, 5.74) is 5.56. The maximum atomic E-state index is 12.7. The largest absolute Gasteiger partial charge is 0.349 e. The molecule has 0 saturated heterocycles. The lowest BCUT2D eigenvalue weighted by atomic mass is 10.0. The van der Waals surface area contributed by atoms with E-state index >= 15 is 0 Å². The highest BCUT2D eigenvalue weighted by Crippen LogP contribution is 2.29. The van der Waals surface area contributed by atoms with Crippen LogP contribution in [0.15, 0.2) is 47.8 Å². The van der Waals surface area contributed by atoms with Crippen LogP contribution in [-0.4, -0.2) is 25.5 Å². The zero-order chi connectivity index (χ0) is 20.1. The summed E-state index contributed by atoms with van der Waals surface area (Å²) in [7, 11) is 0. The smallest absolute Gasteiger partial charge is 0.274 e. The van der Waals surface area contributed by atoms with Crippen LogP contribution in [0.5, 0.6) is 0 Å². The molecule has 5 aromatic rings. The molecule has 8 heteroatoms. The van der Waals surface area contributed by atoms with E-state index < -0.39 is 0 Å². The second-order valence-electron chi connectivity index (χ2n) is 6.91. The first kappa shape index (κ1) is 17.9. The van der Waals surface area contributed by atoms with Gasteiger partial charge in [0.2, 0.25) is 4.96 Å². The van der Waals surface area contributed by atoms with Gasteiger partial charge in [0.15, 0.2) is 0 Å². The second kappa shape index (κ2) is 6.72. The number of carbonyl (C=O) groups is 1. The molecule has 0 radical (unpaired) electrons. The van der Waals surface area contributed by atoms with Gasteiger partial charge in [-0.2, -0.15) is 4.98 Å². The van der Waals surface area contributed by atoms with Crippen molar-refractivity contribution in [1.82, 2.24) is 19.6 Å². The Balaban J connectivity index is 1.47. The van der Waals surface area contributed by atoms with Gasteiger partial charge in [-0.25, -0.2) is 4.52 Å². The lowest BCUT2D eigenvalue weighted by Crippen LogP contribution is -2.13. The highest BCUT2D eigenvalue weighted by atomic mass is 35.5. The number of anilines is 1. The van der Waals surface area contributed by atoms with E-state index in [9.17, 15) is 4.79 Å². The highest BCUT2D eigenvalue weighted by Gasteiger charge is 2.17. The summed E-state index contributed by atoms with van der Waals surface area (Å²) < 4.78 is 1.76. The molecule has 2 aromatic carbocycles. The first-order valence-electron chi connectivity index (χ1n) is 9.00. The van der Waals surface area contributed by atoms with Gasteiger partial charge in [-0.15, -0.1) is 16.4 Å². The van der Waals surface area contributed by atoms with Gasteiger partial charge in [-0.3, -0.25) is 10.1 Å². The molecule has 0 fully saturated rings. The molecule has 0 aliphatic heterocycles. The Hall–Kier alpha value is -3.16. The van der Waals surface area contributed by atoms with Gasteiger partial charge < -0.3 is 4.98 Å². The lowest BCUT2D eigenvalue weighted by Gasteiger charge is -2.05. The van der Waals surface area contributed by atoms with Crippen molar-refractivity contribution in [1.29, 1.82) is 0 Å². The summed E-state index contributed by atoms with van der Waals surface area (Å²) in [5.74, 6) is -0.0544. The number of hydrogen-bond donors (Lipinski definition) is 2. The number of fused-ring (bicyclic) bond motifs is 2. The molecular weight excluding hydrogens is 406 g/mol. The van der Waals surface area contributed by atoms with Crippen molar-refractivity contribution in [2.75, 3.05) is 5.32 Å². The van der Waals surface area contributed by atoms with Crippen LogP contribution in [0.4, 0.5) is 5.95 Å². The van der Waals surface area contributed by atoms with E-state index in [1.165, 1.54) is 22.5 Å². The van der Waals surface area contributed by atoms with Gasteiger partial charge in [0.25, 0.3) is 11.9 Å². The van der Waals surface area contributed by atoms with Crippen LogP contribution >= 0.6 is 22.9 Å². The molecule has 3 heterocycles. The van der Waals surface area contributed by atoms with Crippen LogP contribution in [0.25, 0.3) is 27.1 Å². The second-order valence-corrected chi connectivity index (χ2v) is 8.15.